The fourth-order valence-electron chi connectivity index (χ4n) is 2.11. The zero-order valence-corrected chi connectivity index (χ0v) is 12.5. The second-order valence-corrected chi connectivity index (χ2v) is 7.42. The van der Waals surface area contributed by atoms with Crippen LogP contribution in [0.2, 0.25) is 0 Å². The van der Waals surface area contributed by atoms with Gasteiger partial charge in [-0.15, -0.1) is 0 Å². The molecule has 0 spiro atoms. The first-order chi connectivity index (χ1) is 8.38. The zero-order valence-electron chi connectivity index (χ0n) is 10.8. The third kappa shape index (κ3) is 2.99. The molecule has 0 amide bonds. The number of hydrogen-bond acceptors (Lipinski definition) is 6. The summed E-state index contributed by atoms with van der Waals surface area (Å²) in [6, 6.07) is 0.0259. The van der Waals surface area contributed by atoms with Gasteiger partial charge in [0.15, 0.2) is 0 Å². The van der Waals surface area contributed by atoms with Gasteiger partial charge in [-0.05, 0) is 19.8 Å². The van der Waals surface area contributed by atoms with Crippen molar-refractivity contribution in [1.29, 1.82) is 0 Å². The van der Waals surface area contributed by atoms with E-state index in [0.29, 0.717) is 6.54 Å². The van der Waals surface area contributed by atoms with Gasteiger partial charge in [-0.3, -0.25) is 0 Å². The van der Waals surface area contributed by atoms with E-state index in [1.165, 1.54) is 22.1 Å². The maximum absolute atomic E-state index is 11.6. The van der Waals surface area contributed by atoms with Crippen LogP contribution in [0, 0.1) is 6.92 Å². The van der Waals surface area contributed by atoms with Gasteiger partial charge in [0.1, 0.15) is 5.82 Å². The minimum absolute atomic E-state index is 0.0259. The van der Waals surface area contributed by atoms with Gasteiger partial charge in [0.2, 0.25) is 15.2 Å². The van der Waals surface area contributed by atoms with Crippen molar-refractivity contribution in [2.24, 2.45) is 0 Å². The number of likely N-dealkylation sites (N-methyl/N-ethyl adjacent to an activating group) is 1. The predicted molar refractivity (Wildman–Crippen MR) is 72.5 cm³/mol. The summed E-state index contributed by atoms with van der Waals surface area (Å²) in [5, 5.41) is 0.888. The Morgan fingerprint density at radius 2 is 2.22 bits per heavy atom. The number of rotatable bonds is 3. The first-order valence-electron chi connectivity index (χ1n) is 5.86. The molecular weight excluding hydrogens is 272 g/mol. The smallest absolute Gasteiger partial charge is 0.211 e. The molecule has 0 aromatic carbocycles. The van der Waals surface area contributed by atoms with Crippen LogP contribution in [0.15, 0.2) is 0 Å². The van der Waals surface area contributed by atoms with Crippen molar-refractivity contribution >= 4 is 26.7 Å². The summed E-state index contributed by atoms with van der Waals surface area (Å²) in [7, 11) is -1.48. The van der Waals surface area contributed by atoms with Crippen molar-refractivity contribution in [2.75, 3.05) is 31.3 Å². The molecule has 0 aliphatic carbocycles. The molecule has 0 saturated carbocycles. The molecule has 1 unspecified atom stereocenters. The van der Waals surface area contributed by atoms with E-state index >= 15 is 0 Å². The van der Waals surface area contributed by atoms with E-state index in [-0.39, 0.29) is 6.04 Å². The van der Waals surface area contributed by atoms with Gasteiger partial charge < -0.3 is 4.90 Å². The standard InChI is InChI=1S/C10H18N4O2S2/c1-8-11-10(17-12-8)14-6-4-5-9(7-14)13(2)18(3,15)16/h9H,4-7H2,1-3H3. The minimum Gasteiger partial charge on any atom is -0.345 e. The molecule has 6 nitrogen and oxygen atoms in total. The Bertz CT molecular complexity index is 514. The molecule has 1 aliphatic heterocycles. The zero-order chi connectivity index (χ0) is 13.3. The molecule has 1 aromatic rings. The van der Waals surface area contributed by atoms with Crippen LogP contribution in [-0.2, 0) is 10.0 Å². The van der Waals surface area contributed by atoms with Crippen molar-refractivity contribution in [1.82, 2.24) is 13.7 Å². The summed E-state index contributed by atoms with van der Waals surface area (Å²) < 4.78 is 28.8. The number of anilines is 1. The third-order valence-corrected chi connectivity index (χ3v) is 5.43. The van der Waals surface area contributed by atoms with Crippen LogP contribution in [0.5, 0.6) is 0 Å². The van der Waals surface area contributed by atoms with E-state index < -0.39 is 10.0 Å². The quantitative estimate of drug-likeness (QED) is 0.820. The van der Waals surface area contributed by atoms with E-state index in [2.05, 4.69) is 14.3 Å². The van der Waals surface area contributed by atoms with Gasteiger partial charge >= 0.3 is 0 Å². The molecule has 0 N–H and O–H groups in total. The number of sulfonamides is 1. The summed E-state index contributed by atoms with van der Waals surface area (Å²) in [6.07, 6.45) is 3.13. The minimum atomic E-state index is -3.13. The monoisotopic (exact) mass is 290 g/mol. The molecule has 0 radical (unpaired) electrons. The molecule has 2 heterocycles. The van der Waals surface area contributed by atoms with Gasteiger partial charge in [0.25, 0.3) is 0 Å². The van der Waals surface area contributed by atoms with Gasteiger partial charge in [-0.2, -0.15) is 4.37 Å². The lowest BCUT2D eigenvalue weighted by Gasteiger charge is -2.36. The van der Waals surface area contributed by atoms with Crippen LogP contribution in [0.1, 0.15) is 18.7 Å². The van der Waals surface area contributed by atoms with Crippen LogP contribution in [0.3, 0.4) is 0 Å². The maximum Gasteiger partial charge on any atom is 0.211 e. The van der Waals surface area contributed by atoms with Gasteiger partial charge in [-0.25, -0.2) is 17.7 Å². The number of aromatic nitrogens is 2. The van der Waals surface area contributed by atoms with Crippen LogP contribution < -0.4 is 4.90 Å². The topological polar surface area (TPSA) is 66.4 Å². The first-order valence-corrected chi connectivity index (χ1v) is 8.48. The van der Waals surface area contributed by atoms with Crippen molar-refractivity contribution in [3.63, 3.8) is 0 Å². The Kier molecular flexibility index (Phi) is 3.88. The molecular formula is C10H18N4O2S2. The van der Waals surface area contributed by atoms with E-state index in [0.717, 1.165) is 30.3 Å². The normalized spacial score (nSPS) is 21.6. The molecule has 1 fully saturated rings. The predicted octanol–water partition coefficient (Wildman–Crippen LogP) is 0.707. The lowest BCUT2D eigenvalue weighted by atomic mass is 10.1. The highest BCUT2D eigenvalue weighted by atomic mass is 32.2. The Hall–Kier alpha value is -0.730. The molecule has 18 heavy (non-hydrogen) atoms. The Morgan fingerprint density at radius 3 is 2.78 bits per heavy atom. The second kappa shape index (κ2) is 5.10. The molecule has 1 saturated heterocycles. The number of hydrogen-bond donors (Lipinski definition) is 0. The van der Waals surface area contributed by atoms with Crippen LogP contribution >= 0.6 is 11.5 Å². The summed E-state index contributed by atoms with van der Waals surface area (Å²) in [6.45, 7) is 3.48. The Morgan fingerprint density at radius 1 is 1.50 bits per heavy atom. The Labute approximate surface area is 112 Å². The summed E-state index contributed by atoms with van der Waals surface area (Å²) in [5.41, 5.74) is 0. The van der Waals surface area contributed by atoms with Gasteiger partial charge in [0, 0.05) is 37.7 Å². The molecule has 2 rings (SSSR count). The molecule has 1 aliphatic rings. The SMILES string of the molecule is Cc1nsc(N2CCCC(N(C)S(C)(=O)=O)C2)n1. The largest absolute Gasteiger partial charge is 0.345 e. The second-order valence-electron chi connectivity index (χ2n) is 4.65. The molecule has 102 valence electrons. The van der Waals surface area contributed by atoms with Crippen molar-refractivity contribution < 1.29 is 8.42 Å². The maximum atomic E-state index is 11.6. The summed E-state index contributed by atoms with van der Waals surface area (Å²) in [4.78, 5) is 6.48. The fraction of sp³-hybridized carbons (Fsp3) is 0.800. The average Bonchev–Trinajstić information content (AvgIpc) is 2.74. The van der Waals surface area contributed by atoms with Gasteiger partial charge in [-0.1, -0.05) is 0 Å². The highest BCUT2D eigenvalue weighted by Crippen LogP contribution is 2.24. The molecule has 1 aromatic heterocycles. The highest BCUT2D eigenvalue weighted by Gasteiger charge is 2.29. The molecule has 8 heteroatoms. The van der Waals surface area contributed by atoms with Crippen molar-refractivity contribution in [2.45, 2.75) is 25.8 Å². The van der Waals surface area contributed by atoms with E-state index in [4.69, 9.17) is 0 Å². The lowest BCUT2D eigenvalue weighted by Crippen LogP contribution is -2.48. The van der Waals surface area contributed by atoms with E-state index in [1.54, 1.807) is 7.05 Å². The Balaban J connectivity index is 2.09. The summed E-state index contributed by atoms with van der Waals surface area (Å²) >= 11 is 1.37. The molecule has 0 bridgehead atoms. The number of aryl methyl sites for hydroxylation is 1. The first kappa shape index (κ1) is 13.7. The summed E-state index contributed by atoms with van der Waals surface area (Å²) in [5.74, 6) is 0.772. The highest BCUT2D eigenvalue weighted by molar-refractivity contribution is 7.88. The van der Waals surface area contributed by atoms with E-state index in [9.17, 15) is 8.42 Å². The third-order valence-electron chi connectivity index (χ3n) is 3.22. The number of piperidine rings is 1. The van der Waals surface area contributed by atoms with Crippen LogP contribution in [0.25, 0.3) is 0 Å². The van der Waals surface area contributed by atoms with Crippen molar-refractivity contribution in [3.05, 3.63) is 5.82 Å². The van der Waals surface area contributed by atoms with E-state index in [1.807, 2.05) is 6.92 Å². The lowest BCUT2D eigenvalue weighted by molar-refractivity contribution is 0.322. The average molecular weight is 290 g/mol. The van der Waals surface area contributed by atoms with Gasteiger partial charge in [0.05, 0.1) is 6.26 Å². The van der Waals surface area contributed by atoms with Crippen LogP contribution in [-0.4, -0.2) is 54.5 Å². The fourth-order valence-corrected chi connectivity index (χ4v) is 3.53. The van der Waals surface area contributed by atoms with Crippen LogP contribution in [0.4, 0.5) is 5.13 Å². The molecule has 1 atom stereocenters. The number of nitrogens with zero attached hydrogens (tertiary/aromatic N) is 4. The van der Waals surface area contributed by atoms with Crippen molar-refractivity contribution in [3.8, 4) is 0 Å².